The Balaban J connectivity index is 2.05. The summed E-state index contributed by atoms with van der Waals surface area (Å²) in [5, 5.41) is 9.49. The smallest absolute Gasteiger partial charge is 0.280 e. The summed E-state index contributed by atoms with van der Waals surface area (Å²) in [6.45, 7) is 1.12. The predicted octanol–water partition coefficient (Wildman–Crippen LogP) is 1.00. The maximum Gasteiger partial charge on any atom is 0.280 e. The molecular formula is C12H24N2O3S. The molecule has 106 valence electrons. The minimum absolute atomic E-state index is 0.0972. The van der Waals surface area contributed by atoms with Gasteiger partial charge in [-0.15, -0.1) is 0 Å². The molecule has 2 N–H and O–H groups in total. The number of hydrogen-bond donors (Lipinski definition) is 2. The molecule has 5 nitrogen and oxygen atoms in total. The van der Waals surface area contributed by atoms with Crippen LogP contribution >= 0.6 is 0 Å². The maximum atomic E-state index is 12.4. The zero-order valence-electron chi connectivity index (χ0n) is 10.9. The van der Waals surface area contributed by atoms with E-state index in [4.69, 9.17) is 0 Å². The lowest BCUT2D eigenvalue weighted by molar-refractivity contribution is 0.182. The molecule has 0 amide bonds. The standard InChI is InChI=1S/C12H24N2O3S/c15-11-12(7-3-4-8-12)13-18(16,17)14-9-5-1-2-6-10-14/h13,15H,1-11H2. The molecule has 6 heteroatoms. The fourth-order valence-corrected chi connectivity index (χ4v) is 4.65. The van der Waals surface area contributed by atoms with Gasteiger partial charge in [-0.1, -0.05) is 25.7 Å². The molecule has 1 heterocycles. The van der Waals surface area contributed by atoms with Gasteiger partial charge in [-0.2, -0.15) is 17.4 Å². The van der Waals surface area contributed by atoms with E-state index in [0.29, 0.717) is 13.1 Å². The van der Waals surface area contributed by atoms with Crippen molar-refractivity contribution in [1.29, 1.82) is 0 Å². The SMILES string of the molecule is O=S(=O)(NC1(CO)CCCC1)N1CCCCCC1. The largest absolute Gasteiger partial charge is 0.394 e. The van der Waals surface area contributed by atoms with Gasteiger partial charge in [0.15, 0.2) is 0 Å². The van der Waals surface area contributed by atoms with Gasteiger partial charge in [0.25, 0.3) is 10.2 Å². The third kappa shape index (κ3) is 3.23. The lowest BCUT2D eigenvalue weighted by atomic mass is 10.0. The van der Waals surface area contributed by atoms with Crippen LogP contribution in [0, 0.1) is 0 Å². The molecule has 2 fully saturated rings. The fourth-order valence-electron chi connectivity index (χ4n) is 2.96. The number of hydrogen-bond acceptors (Lipinski definition) is 3. The highest BCUT2D eigenvalue weighted by Crippen LogP contribution is 2.30. The zero-order chi connectivity index (χ0) is 13.1. The van der Waals surface area contributed by atoms with Crippen LogP contribution in [-0.2, 0) is 10.2 Å². The summed E-state index contributed by atoms with van der Waals surface area (Å²) in [6, 6.07) is 0. The first-order chi connectivity index (χ1) is 8.58. The highest BCUT2D eigenvalue weighted by molar-refractivity contribution is 7.87. The van der Waals surface area contributed by atoms with Crippen LogP contribution in [0.1, 0.15) is 51.4 Å². The Labute approximate surface area is 110 Å². The van der Waals surface area contributed by atoms with E-state index in [0.717, 1.165) is 51.4 Å². The van der Waals surface area contributed by atoms with E-state index in [1.165, 1.54) is 0 Å². The topological polar surface area (TPSA) is 69.6 Å². The van der Waals surface area contributed by atoms with Gasteiger partial charge in [0, 0.05) is 13.1 Å². The predicted molar refractivity (Wildman–Crippen MR) is 70.4 cm³/mol. The lowest BCUT2D eigenvalue weighted by Crippen LogP contribution is -2.54. The molecular weight excluding hydrogens is 252 g/mol. The van der Waals surface area contributed by atoms with Crippen LogP contribution in [0.2, 0.25) is 0 Å². The van der Waals surface area contributed by atoms with Crippen molar-refractivity contribution in [2.24, 2.45) is 0 Å². The summed E-state index contributed by atoms with van der Waals surface area (Å²) in [4.78, 5) is 0. The molecule has 0 bridgehead atoms. The average molecular weight is 276 g/mol. The summed E-state index contributed by atoms with van der Waals surface area (Å²) in [5.41, 5.74) is -0.606. The molecule has 0 spiro atoms. The minimum Gasteiger partial charge on any atom is -0.394 e. The first-order valence-corrected chi connectivity index (χ1v) is 8.42. The van der Waals surface area contributed by atoms with E-state index in [-0.39, 0.29) is 6.61 Å². The van der Waals surface area contributed by atoms with Crippen molar-refractivity contribution in [3.8, 4) is 0 Å². The fraction of sp³-hybridized carbons (Fsp3) is 1.00. The molecule has 2 rings (SSSR count). The molecule has 1 aliphatic carbocycles. The Bertz CT molecular complexity index is 356. The Morgan fingerprint density at radius 2 is 1.56 bits per heavy atom. The van der Waals surface area contributed by atoms with E-state index in [9.17, 15) is 13.5 Å². The second kappa shape index (κ2) is 5.86. The highest BCUT2D eigenvalue weighted by Gasteiger charge is 2.38. The summed E-state index contributed by atoms with van der Waals surface area (Å²) in [7, 11) is -3.44. The van der Waals surface area contributed by atoms with Crippen molar-refractivity contribution in [2.75, 3.05) is 19.7 Å². The van der Waals surface area contributed by atoms with Crippen LogP contribution in [0.15, 0.2) is 0 Å². The van der Waals surface area contributed by atoms with Crippen LogP contribution in [0.3, 0.4) is 0 Å². The molecule has 0 aromatic rings. The van der Waals surface area contributed by atoms with Crippen LogP contribution in [-0.4, -0.2) is 43.1 Å². The number of nitrogens with zero attached hydrogens (tertiary/aromatic N) is 1. The Morgan fingerprint density at radius 1 is 1.00 bits per heavy atom. The van der Waals surface area contributed by atoms with E-state index < -0.39 is 15.7 Å². The first kappa shape index (κ1) is 14.2. The molecule has 1 saturated heterocycles. The van der Waals surface area contributed by atoms with E-state index in [2.05, 4.69) is 4.72 Å². The molecule has 0 unspecified atom stereocenters. The second-order valence-corrected chi connectivity index (χ2v) is 7.24. The number of rotatable bonds is 4. The maximum absolute atomic E-state index is 12.4. The van der Waals surface area contributed by atoms with Crippen LogP contribution in [0.4, 0.5) is 0 Å². The first-order valence-electron chi connectivity index (χ1n) is 6.98. The Kier molecular flexibility index (Phi) is 4.64. The molecule has 18 heavy (non-hydrogen) atoms. The molecule has 0 aromatic heterocycles. The number of nitrogens with one attached hydrogen (secondary N) is 1. The summed E-state index contributed by atoms with van der Waals surface area (Å²) >= 11 is 0. The molecule has 2 aliphatic rings. The minimum atomic E-state index is -3.44. The van der Waals surface area contributed by atoms with Gasteiger partial charge in [0.1, 0.15) is 0 Å². The van der Waals surface area contributed by atoms with Crippen molar-refractivity contribution >= 4 is 10.2 Å². The number of aliphatic hydroxyl groups is 1. The van der Waals surface area contributed by atoms with Gasteiger partial charge < -0.3 is 5.11 Å². The summed E-state index contributed by atoms with van der Waals surface area (Å²) < 4.78 is 29.0. The monoisotopic (exact) mass is 276 g/mol. The van der Waals surface area contributed by atoms with Gasteiger partial charge in [0.2, 0.25) is 0 Å². The second-order valence-electron chi connectivity index (χ2n) is 5.57. The summed E-state index contributed by atoms with van der Waals surface area (Å²) in [5.74, 6) is 0. The normalized spacial score (nSPS) is 26.1. The van der Waals surface area contributed by atoms with Gasteiger partial charge in [-0.25, -0.2) is 0 Å². The van der Waals surface area contributed by atoms with Crippen molar-refractivity contribution in [3.05, 3.63) is 0 Å². The van der Waals surface area contributed by atoms with E-state index >= 15 is 0 Å². The molecule has 0 radical (unpaired) electrons. The number of aliphatic hydroxyl groups excluding tert-OH is 1. The van der Waals surface area contributed by atoms with E-state index in [1.54, 1.807) is 4.31 Å². The van der Waals surface area contributed by atoms with Crippen molar-refractivity contribution < 1.29 is 13.5 Å². The third-order valence-corrected chi connectivity index (χ3v) is 5.85. The van der Waals surface area contributed by atoms with Gasteiger partial charge >= 0.3 is 0 Å². The van der Waals surface area contributed by atoms with Gasteiger partial charge in [-0.3, -0.25) is 0 Å². The lowest BCUT2D eigenvalue weighted by Gasteiger charge is -2.31. The Morgan fingerprint density at radius 3 is 2.06 bits per heavy atom. The molecule has 1 saturated carbocycles. The quantitative estimate of drug-likeness (QED) is 0.805. The van der Waals surface area contributed by atoms with Gasteiger partial charge in [-0.05, 0) is 25.7 Å². The van der Waals surface area contributed by atoms with Crippen molar-refractivity contribution in [1.82, 2.24) is 9.03 Å². The van der Waals surface area contributed by atoms with Crippen LogP contribution in [0.25, 0.3) is 0 Å². The van der Waals surface area contributed by atoms with Gasteiger partial charge in [0.05, 0.1) is 12.1 Å². The van der Waals surface area contributed by atoms with Crippen LogP contribution in [0.5, 0.6) is 0 Å². The average Bonchev–Trinajstić information content (AvgIpc) is 2.63. The van der Waals surface area contributed by atoms with E-state index in [1.807, 2.05) is 0 Å². The van der Waals surface area contributed by atoms with Crippen molar-refractivity contribution in [3.63, 3.8) is 0 Å². The molecule has 0 aromatic carbocycles. The molecule has 1 aliphatic heterocycles. The van der Waals surface area contributed by atoms with Crippen LogP contribution < -0.4 is 4.72 Å². The Hall–Kier alpha value is -0.170. The third-order valence-electron chi connectivity index (χ3n) is 4.11. The summed E-state index contributed by atoms with van der Waals surface area (Å²) in [6.07, 6.45) is 7.56. The van der Waals surface area contributed by atoms with Crippen molar-refractivity contribution in [2.45, 2.75) is 56.9 Å². The zero-order valence-corrected chi connectivity index (χ0v) is 11.7. The molecule has 0 atom stereocenters. The highest BCUT2D eigenvalue weighted by atomic mass is 32.2.